The lowest BCUT2D eigenvalue weighted by Crippen LogP contribution is -2.43. The molecule has 3 rings (SSSR count). The summed E-state index contributed by atoms with van der Waals surface area (Å²) in [5.74, 6) is -1.99. The van der Waals surface area contributed by atoms with Gasteiger partial charge in [-0.3, -0.25) is 0 Å². The Morgan fingerprint density at radius 1 is 1.25 bits per heavy atom. The largest absolute Gasteiger partial charge is 0.454 e. The van der Waals surface area contributed by atoms with Crippen molar-refractivity contribution in [1.82, 2.24) is 0 Å². The van der Waals surface area contributed by atoms with Crippen LogP contribution in [0.25, 0.3) is 0 Å². The van der Waals surface area contributed by atoms with E-state index in [0.29, 0.717) is 0 Å². The van der Waals surface area contributed by atoms with Crippen LogP contribution >= 0.6 is 0 Å². The Labute approximate surface area is 113 Å². The smallest absolute Gasteiger partial charge is 0.350 e. The van der Waals surface area contributed by atoms with Gasteiger partial charge in [0.2, 0.25) is 12.4 Å². The fraction of sp³-hybridized carbons (Fsp3) is 0.583. The van der Waals surface area contributed by atoms with E-state index >= 15 is 0 Å². The average Bonchev–Trinajstić information content (AvgIpc) is 2.86. The van der Waals surface area contributed by atoms with Gasteiger partial charge in [0.1, 0.15) is 12.7 Å². The van der Waals surface area contributed by atoms with Crippen molar-refractivity contribution in [2.75, 3.05) is 6.61 Å². The van der Waals surface area contributed by atoms with Gasteiger partial charge >= 0.3 is 17.9 Å². The van der Waals surface area contributed by atoms with Crippen molar-refractivity contribution in [3.63, 3.8) is 0 Å². The second-order valence-electron chi connectivity index (χ2n) is 4.74. The summed E-state index contributed by atoms with van der Waals surface area (Å²) in [4.78, 5) is 34.3. The van der Waals surface area contributed by atoms with Crippen molar-refractivity contribution < 1.29 is 38.1 Å². The molecule has 8 nitrogen and oxygen atoms in total. The number of esters is 3. The molecular formula is C12H12O8. The number of carbonyl (C=O) groups excluding carboxylic acids is 3. The van der Waals surface area contributed by atoms with Crippen LogP contribution < -0.4 is 0 Å². The van der Waals surface area contributed by atoms with Gasteiger partial charge in [0.15, 0.2) is 12.2 Å². The van der Waals surface area contributed by atoms with Gasteiger partial charge in [-0.15, -0.1) is 0 Å². The minimum atomic E-state index is -1.21. The van der Waals surface area contributed by atoms with Gasteiger partial charge in [-0.25, -0.2) is 14.4 Å². The number of rotatable bonds is 2. The van der Waals surface area contributed by atoms with E-state index in [4.69, 9.17) is 23.7 Å². The third-order valence-electron chi connectivity index (χ3n) is 3.21. The van der Waals surface area contributed by atoms with Crippen LogP contribution in [0.4, 0.5) is 0 Å². The summed E-state index contributed by atoms with van der Waals surface area (Å²) in [5, 5.41) is 0. The van der Waals surface area contributed by atoms with Crippen LogP contribution in [0.15, 0.2) is 12.2 Å². The van der Waals surface area contributed by atoms with E-state index in [2.05, 4.69) is 6.58 Å². The third kappa shape index (κ3) is 1.97. The fourth-order valence-corrected chi connectivity index (χ4v) is 2.29. The molecule has 20 heavy (non-hydrogen) atoms. The molecule has 0 saturated carbocycles. The van der Waals surface area contributed by atoms with Crippen LogP contribution in [-0.2, 0) is 38.1 Å². The molecule has 3 aliphatic rings. The topological polar surface area (TPSA) is 97.4 Å². The minimum Gasteiger partial charge on any atom is -0.454 e. The van der Waals surface area contributed by atoms with Gasteiger partial charge in [0, 0.05) is 5.57 Å². The molecule has 0 amide bonds. The van der Waals surface area contributed by atoms with E-state index in [1.807, 2.05) is 0 Å². The quantitative estimate of drug-likeness (QED) is 0.364. The number of hydrogen-bond donors (Lipinski definition) is 0. The van der Waals surface area contributed by atoms with Crippen molar-refractivity contribution in [3.05, 3.63) is 12.2 Å². The van der Waals surface area contributed by atoms with E-state index in [1.54, 1.807) is 0 Å². The average molecular weight is 284 g/mol. The Morgan fingerprint density at radius 3 is 2.70 bits per heavy atom. The van der Waals surface area contributed by atoms with Crippen LogP contribution in [-0.4, -0.2) is 55.2 Å². The van der Waals surface area contributed by atoms with Crippen LogP contribution in [0.3, 0.4) is 0 Å². The molecule has 0 aromatic heterocycles. The Bertz CT molecular complexity index is 498. The van der Waals surface area contributed by atoms with Crippen molar-refractivity contribution in [3.8, 4) is 0 Å². The standard InChI is InChI=1S/C12H12O8/c1-4(2)10(14)19-8-6-7(18-11(8)15)9-12(20-6)17-5(13)3-16-9/h6-9,12H,1,3H2,2H3. The van der Waals surface area contributed by atoms with Crippen LogP contribution in [0.2, 0.25) is 0 Å². The summed E-state index contributed by atoms with van der Waals surface area (Å²) in [6.07, 6.45) is -4.48. The third-order valence-corrected chi connectivity index (χ3v) is 3.21. The molecule has 0 N–H and O–H groups in total. The molecule has 5 unspecified atom stereocenters. The van der Waals surface area contributed by atoms with Gasteiger partial charge in [0.25, 0.3) is 0 Å². The zero-order valence-electron chi connectivity index (χ0n) is 10.6. The van der Waals surface area contributed by atoms with Crippen LogP contribution in [0, 0.1) is 0 Å². The zero-order valence-corrected chi connectivity index (χ0v) is 10.6. The molecule has 3 saturated heterocycles. The van der Waals surface area contributed by atoms with Gasteiger partial charge in [-0.1, -0.05) is 6.58 Å². The second-order valence-corrected chi connectivity index (χ2v) is 4.74. The fourth-order valence-electron chi connectivity index (χ4n) is 2.29. The molecule has 3 fully saturated rings. The molecule has 0 aromatic carbocycles. The lowest BCUT2D eigenvalue weighted by Gasteiger charge is -2.26. The highest BCUT2D eigenvalue weighted by Crippen LogP contribution is 2.37. The summed E-state index contributed by atoms with van der Waals surface area (Å²) in [5.41, 5.74) is 0.152. The number of hydrogen-bond acceptors (Lipinski definition) is 8. The summed E-state index contributed by atoms with van der Waals surface area (Å²) in [7, 11) is 0. The molecule has 8 heteroatoms. The van der Waals surface area contributed by atoms with E-state index in [9.17, 15) is 14.4 Å². The molecule has 5 atom stereocenters. The summed E-state index contributed by atoms with van der Waals surface area (Å²) < 4.78 is 25.7. The minimum absolute atomic E-state index is 0.152. The summed E-state index contributed by atoms with van der Waals surface area (Å²) in [6, 6.07) is 0. The van der Waals surface area contributed by atoms with Crippen molar-refractivity contribution in [2.24, 2.45) is 0 Å². The first-order valence-corrected chi connectivity index (χ1v) is 6.01. The van der Waals surface area contributed by atoms with Gasteiger partial charge < -0.3 is 23.7 Å². The maximum atomic E-state index is 11.7. The van der Waals surface area contributed by atoms with Crippen LogP contribution in [0.5, 0.6) is 0 Å². The first-order valence-electron chi connectivity index (χ1n) is 6.01. The lowest BCUT2D eigenvalue weighted by molar-refractivity contribution is -0.228. The number of fused-ring (bicyclic) bond motifs is 3. The Hall–Kier alpha value is -1.93. The van der Waals surface area contributed by atoms with Gasteiger partial charge in [-0.2, -0.15) is 0 Å². The van der Waals surface area contributed by atoms with E-state index < -0.39 is 48.6 Å². The number of ether oxygens (including phenoxy) is 5. The van der Waals surface area contributed by atoms with Crippen molar-refractivity contribution >= 4 is 17.9 Å². The number of carbonyl (C=O) groups is 3. The Balaban J connectivity index is 1.75. The summed E-state index contributed by atoms with van der Waals surface area (Å²) in [6.45, 7) is 4.65. The molecule has 0 spiro atoms. The molecule has 3 aliphatic heterocycles. The highest BCUT2D eigenvalue weighted by Gasteiger charge is 2.62. The lowest BCUT2D eigenvalue weighted by atomic mass is 10.1. The zero-order chi connectivity index (χ0) is 14.4. The predicted octanol–water partition coefficient (Wildman–Crippen LogP) is -0.933. The van der Waals surface area contributed by atoms with E-state index in [0.717, 1.165) is 0 Å². The summed E-state index contributed by atoms with van der Waals surface area (Å²) >= 11 is 0. The first kappa shape index (κ1) is 13.1. The second kappa shape index (κ2) is 4.57. The molecule has 0 bridgehead atoms. The highest BCUT2D eigenvalue weighted by molar-refractivity contribution is 5.90. The van der Waals surface area contributed by atoms with E-state index in [-0.39, 0.29) is 12.2 Å². The molecule has 3 heterocycles. The maximum Gasteiger partial charge on any atom is 0.350 e. The Kier molecular flexibility index (Phi) is 2.98. The van der Waals surface area contributed by atoms with Gasteiger partial charge in [-0.05, 0) is 6.92 Å². The normalized spacial score (nSPS) is 38.5. The molecule has 0 radical (unpaired) electrons. The SMILES string of the molecule is C=C(C)C(=O)OC1C(=O)OC2C3OCC(=O)OC3OC12. The Morgan fingerprint density at radius 2 is 2.00 bits per heavy atom. The van der Waals surface area contributed by atoms with Crippen molar-refractivity contribution in [2.45, 2.75) is 37.6 Å². The van der Waals surface area contributed by atoms with E-state index in [1.165, 1.54) is 6.92 Å². The molecular weight excluding hydrogens is 272 g/mol. The first-order chi connectivity index (χ1) is 9.47. The monoisotopic (exact) mass is 284 g/mol. The molecule has 0 aromatic rings. The highest BCUT2D eigenvalue weighted by atomic mass is 16.8. The van der Waals surface area contributed by atoms with Gasteiger partial charge in [0.05, 0.1) is 0 Å². The van der Waals surface area contributed by atoms with Crippen LogP contribution in [0.1, 0.15) is 6.92 Å². The molecule has 108 valence electrons. The maximum absolute atomic E-state index is 11.7. The van der Waals surface area contributed by atoms with Crippen molar-refractivity contribution in [1.29, 1.82) is 0 Å². The predicted molar refractivity (Wildman–Crippen MR) is 59.1 cm³/mol. The molecule has 0 aliphatic carbocycles.